The molecule has 9 heavy (non-hydrogen) atoms. The molecule has 0 aliphatic rings. The highest BCUT2D eigenvalue weighted by Crippen LogP contribution is 2.34. The van der Waals surface area contributed by atoms with Crippen LogP contribution in [0.5, 0.6) is 0 Å². The smallest absolute Gasteiger partial charge is 0.412 e. The summed E-state index contributed by atoms with van der Waals surface area (Å²) in [5, 5.41) is 7.96. The maximum absolute atomic E-state index is 9.75. The van der Waals surface area contributed by atoms with Crippen LogP contribution in [0.15, 0.2) is 0 Å². The molecule has 0 saturated heterocycles. The lowest BCUT2D eigenvalue weighted by atomic mass is 10.8. The van der Waals surface area contributed by atoms with Crippen LogP contribution in [-0.4, -0.2) is 33.6 Å². The van der Waals surface area contributed by atoms with Gasteiger partial charge < -0.3 is 20.4 Å². The topological polar surface area (TPSA) is 118 Å². The Labute approximate surface area is 51.6 Å². The Morgan fingerprint density at radius 3 is 2.00 bits per heavy atom. The van der Waals surface area contributed by atoms with Crippen LogP contribution in [0.25, 0.3) is 0 Å². The molecule has 0 spiro atoms. The summed E-state index contributed by atoms with van der Waals surface area (Å²) in [6.07, 6.45) is 0. The van der Waals surface area contributed by atoms with Gasteiger partial charge in [-0.1, -0.05) is 0 Å². The van der Waals surface area contributed by atoms with Crippen molar-refractivity contribution >= 4 is 7.82 Å². The van der Waals surface area contributed by atoms with Crippen LogP contribution < -0.4 is 0 Å². The van der Waals surface area contributed by atoms with Crippen molar-refractivity contribution in [1.29, 1.82) is 0 Å². The summed E-state index contributed by atoms with van der Waals surface area (Å²) >= 11 is 0. The zero-order valence-corrected chi connectivity index (χ0v) is 5.41. The molecule has 58 valence electrons. The van der Waals surface area contributed by atoms with E-state index in [0.29, 0.717) is 0 Å². The molecule has 0 rings (SSSR count). The molecule has 0 aromatic heterocycles. The SMILES string of the molecule is O.O=P(O)(O)OCCO. The van der Waals surface area contributed by atoms with E-state index in [1.165, 1.54) is 0 Å². The van der Waals surface area contributed by atoms with E-state index in [0.717, 1.165) is 0 Å². The lowest BCUT2D eigenvalue weighted by Crippen LogP contribution is -1.95. The van der Waals surface area contributed by atoms with Gasteiger partial charge in [0.1, 0.15) is 0 Å². The molecule has 0 heterocycles. The van der Waals surface area contributed by atoms with Crippen molar-refractivity contribution in [1.82, 2.24) is 0 Å². The van der Waals surface area contributed by atoms with E-state index < -0.39 is 7.82 Å². The fourth-order valence-electron chi connectivity index (χ4n) is 0.160. The summed E-state index contributed by atoms with van der Waals surface area (Å²) in [6, 6.07) is 0. The third-order valence-corrected chi connectivity index (χ3v) is 0.870. The second-order valence-corrected chi connectivity index (χ2v) is 2.29. The monoisotopic (exact) mass is 160 g/mol. The average molecular weight is 160 g/mol. The van der Waals surface area contributed by atoms with Gasteiger partial charge in [0.25, 0.3) is 0 Å². The molecule has 0 aromatic rings. The minimum Gasteiger partial charge on any atom is -0.412 e. The Morgan fingerprint density at radius 2 is 1.89 bits per heavy atom. The molecule has 0 aromatic carbocycles. The van der Waals surface area contributed by atoms with Gasteiger partial charge in [-0.25, -0.2) is 4.57 Å². The van der Waals surface area contributed by atoms with Crippen molar-refractivity contribution in [2.45, 2.75) is 0 Å². The number of aliphatic hydroxyl groups excluding tert-OH is 1. The Balaban J connectivity index is 0. The predicted molar refractivity (Wildman–Crippen MR) is 28.7 cm³/mol. The molecule has 0 saturated carbocycles. The second kappa shape index (κ2) is 4.87. The fourth-order valence-corrected chi connectivity index (χ4v) is 0.479. The highest BCUT2D eigenvalue weighted by Gasteiger charge is 2.11. The molecular formula is C2H9O6P. The summed E-state index contributed by atoms with van der Waals surface area (Å²) in [4.78, 5) is 15.9. The lowest BCUT2D eigenvalue weighted by molar-refractivity contribution is 0.151. The highest BCUT2D eigenvalue weighted by atomic mass is 31.2. The Bertz CT molecular complexity index is 95.2. The fraction of sp³-hybridized carbons (Fsp3) is 1.00. The van der Waals surface area contributed by atoms with Crippen LogP contribution in [-0.2, 0) is 9.09 Å². The number of hydrogen-bond acceptors (Lipinski definition) is 3. The molecule has 0 aliphatic carbocycles. The molecule has 0 amide bonds. The first kappa shape index (κ1) is 11.8. The molecule has 0 aliphatic heterocycles. The first-order chi connectivity index (χ1) is 3.56. The van der Waals surface area contributed by atoms with Gasteiger partial charge in [0, 0.05) is 0 Å². The zero-order chi connectivity index (χ0) is 6.62. The van der Waals surface area contributed by atoms with Crippen molar-refractivity contribution in [3.63, 3.8) is 0 Å². The Kier molecular flexibility index (Phi) is 6.37. The quantitative estimate of drug-likeness (QED) is 0.423. The van der Waals surface area contributed by atoms with E-state index in [1.807, 2.05) is 0 Å². The second-order valence-electron chi connectivity index (χ2n) is 1.05. The summed E-state index contributed by atoms with van der Waals surface area (Å²) in [5.74, 6) is 0. The number of rotatable bonds is 3. The van der Waals surface area contributed by atoms with E-state index in [9.17, 15) is 4.57 Å². The third-order valence-electron chi connectivity index (χ3n) is 0.351. The minimum atomic E-state index is -4.34. The van der Waals surface area contributed by atoms with Crippen molar-refractivity contribution in [3.8, 4) is 0 Å². The Hall–Kier alpha value is 0.0300. The Morgan fingerprint density at radius 1 is 1.44 bits per heavy atom. The lowest BCUT2D eigenvalue weighted by Gasteiger charge is -2.00. The number of phosphoric acid groups is 1. The first-order valence-corrected chi connectivity index (χ1v) is 3.40. The van der Waals surface area contributed by atoms with E-state index >= 15 is 0 Å². The van der Waals surface area contributed by atoms with Crippen LogP contribution in [0.4, 0.5) is 0 Å². The van der Waals surface area contributed by atoms with Crippen molar-refractivity contribution in [2.24, 2.45) is 0 Å². The third kappa shape index (κ3) is 11.5. The molecule has 0 fully saturated rings. The molecule has 0 unspecified atom stereocenters. The number of aliphatic hydroxyl groups is 1. The first-order valence-electron chi connectivity index (χ1n) is 1.87. The van der Waals surface area contributed by atoms with Crippen molar-refractivity contribution in [2.75, 3.05) is 13.2 Å². The van der Waals surface area contributed by atoms with Gasteiger partial charge in [-0.2, -0.15) is 0 Å². The maximum atomic E-state index is 9.75. The molecule has 5 N–H and O–H groups in total. The molecule has 6 nitrogen and oxygen atoms in total. The van der Waals surface area contributed by atoms with Gasteiger partial charge in [-0.15, -0.1) is 0 Å². The number of hydrogen-bond donors (Lipinski definition) is 3. The van der Waals surface area contributed by atoms with Gasteiger partial charge in [-0.3, -0.25) is 4.52 Å². The van der Waals surface area contributed by atoms with E-state index in [-0.39, 0.29) is 18.7 Å². The van der Waals surface area contributed by atoms with Crippen LogP contribution in [0.1, 0.15) is 0 Å². The van der Waals surface area contributed by atoms with Crippen molar-refractivity contribution < 1.29 is 29.5 Å². The largest absolute Gasteiger partial charge is 0.469 e. The van der Waals surface area contributed by atoms with Gasteiger partial charge in [0.05, 0.1) is 13.2 Å². The molecule has 7 heteroatoms. The molecule has 0 radical (unpaired) electrons. The normalized spacial score (nSPS) is 10.6. The van der Waals surface area contributed by atoms with Crippen LogP contribution in [0, 0.1) is 0 Å². The summed E-state index contributed by atoms with van der Waals surface area (Å²) < 4.78 is 13.5. The summed E-state index contributed by atoms with van der Waals surface area (Å²) in [5.41, 5.74) is 0. The van der Waals surface area contributed by atoms with E-state index in [2.05, 4.69) is 4.52 Å². The van der Waals surface area contributed by atoms with Gasteiger partial charge >= 0.3 is 7.82 Å². The van der Waals surface area contributed by atoms with Crippen LogP contribution in [0.2, 0.25) is 0 Å². The van der Waals surface area contributed by atoms with Crippen LogP contribution >= 0.6 is 7.82 Å². The van der Waals surface area contributed by atoms with Gasteiger partial charge in [-0.05, 0) is 0 Å². The van der Waals surface area contributed by atoms with Crippen molar-refractivity contribution in [3.05, 3.63) is 0 Å². The van der Waals surface area contributed by atoms with Crippen LogP contribution in [0.3, 0.4) is 0 Å². The van der Waals surface area contributed by atoms with E-state index in [4.69, 9.17) is 14.9 Å². The molecule has 0 bridgehead atoms. The standard InChI is InChI=1S/C2H7O5P.H2O/c3-1-2-7-8(4,5)6;/h3H,1-2H2,(H2,4,5,6);1H2. The van der Waals surface area contributed by atoms with Gasteiger partial charge in [0.15, 0.2) is 0 Å². The predicted octanol–water partition coefficient (Wildman–Crippen LogP) is -1.74. The molecular weight excluding hydrogens is 151 g/mol. The van der Waals surface area contributed by atoms with Gasteiger partial charge in [0.2, 0.25) is 0 Å². The highest BCUT2D eigenvalue weighted by molar-refractivity contribution is 7.46. The zero-order valence-electron chi connectivity index (χ0n) is 4.52. The molecule has 0 atom stereocenters. The van der Waals surface area contributed by atoms with E-state index in [1.54, 1.807) is 0 Å². The number of phosphoric ester groups is 1. The minimum absolute atomic E-state index is 0. The summed E-state index contributed by atoms with van der Waals surface area (Å²) in [6.45, 7) is -0.713. The average Bonchev–Trinajstić information content (AvgIpc) is 1.59. The maximum Gasteiger partial charge on any atom is 0.469 e. The summed E-state index contributed by atoms with van der Waals surface area (Å²) in [7, 11) is -4.34.